The average molecular weight is 323 g/mol. The van der Waals surface area contributed by atoms with Gasteiger partial charge in [-0.3, -0.25) is 9.48 Å². The van der Waals surface area contributed by atoms with E-state index < -0.39 is 0 Å². The van der Waals surface area contributed by atoms with Crippen LogP contribution in [0.1, 0.15) is 35.3 Å². The maximum absolute atomic E-state index is 12.5. The van der Waals surface area contributed by atoms with Crippen LogP contribution in [0.5, 0.6) is 0 Å². The molecule has 0 saturated heterocycles. The van der Waals surface area contributed by atoms with Crippen molar-refractivity contribution in [1.29, 1.82) is 0 Å². The summed E-state index contributed by atoms with van der Waals surface area (Å²) in [6, 6.07) is 7.45. The van der Waals surface area contributed by atoms with Crippen LogP contribution in [0.25, 0.3) is 11.4 Å². The minimum absolute atomic E-state index is 0.0413. The Balaban J connectivity index is 1.74. The standard InChI is InChI=1S/C18H21N5O/c1-4-16(15-11-20-23(3)12-15)21-18(24)14-7-5-13(6-8-14)17-19-9-10-22(17)2/h5-12,16H,4H2,1-3H3,(H,21,24)/t16-/m0/s1. The van der Waals surface area contributed by atoms with E-state index in [1.54, 1.807) is 17.1 Å². The number of hydrogen-bond donors (Lipinski definition) is 1. The first-order chi connectivity index (χ1) is 11.6. The summed E-state index contributed by atoms with van der Waals surface area (Å²) in [4.78, 5) is 16.8. The lowest BCUT2D eigenvalue weighted by Gasteiger charge is -2.15. The van der Waals surface area contributed by atoms with E-state index in [0.29, 0.717) is 5.56 Å². The number of benzene rings is 1. The second-order valence-electron chi connectivity index (χ2n) is 5.82. The van der Waals surface area contributed by atoms with Gasteiger partial charge in [-0.15, -0.1) is 0 Å². The topological polar surface area (TPSA) is 64.7 Å². The minimum Gasteiger partial charge on any atom is -0.345 e. The van der Waals surface area contributed by atoms with E-state index in [1.165, 1.54) is 0 Å². The van der Waals surface area contributed by atoms with Gasteiger partial charge in [0, 0.05) is 49.4 Å². The number of rotatable bonds is 5. The Bertz CT molecular complexity index is 831. The van der Waals surface area contributed by atoms with Crippen molar-refractivity contribution in [2.75, 3.05) is 0 Å². The molecule has 0 spiro atoms. The normalized spacial score (nSPS) is 12.1. The molecule has 0 radical (unpaired) electrons. The number of nitrogens with one attached hydrogen (secondary N) is 1. The molecule has 0 unspecified atom stereocenters. The highest BCUT2D eigenvalue weighted by Gasteiger charge is 2.15. The van der Waals surface area contributed by atoms with Gasteiger partial charge in [-0.05, 0) is 18.6 Å². The Morgan fingerprint density at radius 1 is 1.25 bits per heavy atom. The highest BCUT2D eigenvalue weighted by Crippen LogP contribution is 2.19. The van der Waals surface area contributed by atoms with Crippen LogP contribution in [-0.2, 0) is 14.1 Å². The first-order valence-electron chi connectivity index (χ1n) is 7.95. The molecular formula is C18H21N5O. The van der Waals surface area contributed by atoms with Crippen molar-refractivity contribution in [2.45, 2.75) is 19.4 Å². The lowest BCUT2D eigenvalue weighted by molar-refractivity contribution is 0.0935. The molecule has 2 aromatic heterocycles. The zero-order chi connectivity index (χ0) is 17.1. The van der Waals surface area contributed by atoms with Gasteiger partial charge in [0.2, 0.25) is 0 Å². The van der Waals surface area contributed by atoms with Crippen LogP contribution < -0.4 is 5.32 Å². The number of imidazole rings is 1. The Labute approximate surface area is 141 Å². The summed E-state index contributed by atoms with van der Waals surface area (Å²) in [5.74, 6) is 0.792. The molecule has 3 aromatic rings. The van der Waals surface area contributed by atoms with Crippen molar-refractivity contribution in [3.8, 4) is 11.4 Å². The maximum Gasteiger partial charge on any atom is 0.251 e. The van der Waals surface area contributed by atoms with E-state index in [2.05, 4.69) is 15.4 Å². The Hall–Kier alpha value is -2.89. The maximum atomic E-state index is 12.5. The highest BCUT2D eigenvalue weighted by molar-refractivity contribution is 5.94. The summed E-state index contributed by atoms with van der Waals surface area (Å²) >= 11 is 0. The molecule has 0 aliphatic heterocycles. The molecule has 0 saturated carbocycles. The molecule has 0 fully saturated rings. The van der Waals surface area contributed by atoms with Crippen molar-refractivity contribution in [1.82, 2.24) is 24.6 Å². The van der Waals surface area contributed by atoms with Crippen molar-refractivity contribution in [2.24, 2.45) is 14.1 Å². The molecule has 1 atom stereocenters. The quantitative estimate of drug-likeness (QED) is 0.785. The predicted octanol–water partition coefficient (Wildman–Crippen LogP) is 2.70. The first-order valence-corrected chi connectivity index (χ1v) is 7.95. The lowest BCUT2D eigenvalue weighted by Crippen LogP contribution is -2.27. The second kappa shape index (κ2) is 6.70. The minimum atomic E-state index is -0.0860. The summed E-state index contributed by atoms with van der Waals surface area (Å²) in [5.41, 5.74) is 2.63. The smallest absolute Gasteiger partial charge is 0.251 e. The lowest BCUT2D eigenvalue weighted by atomic mass is 10.1. The monoisotopic (exact) mass is 323 g/mol. The van der Waals surface area contributed by atoms with Crippen LogP contribution >= 0.6 is 0 Å². The van der Waals surface area contributed by atoms with Crippen LogP contribution in [0.3, 0.4) is 0 Å². The number of nitrogens with zero attached hydrogens (tertiary/aromatic N) is 4. The van der Waals surface area contributed by atoms with Crippen LogP contribution in [0, 0.1) is 0 Å². The van der Waals surface area contributed by atoms with E-state index in [1.807, 2.05) is 62.2 Å². The molecule has 1 amide bonds. The molecule has 0 bridgehead atoms. The van der Waals surface area contributed by atoms with E-state index >= 15 is 0 Å². The van der Waals surface area contributed by atoms with Gasteiger partial charge < -0.3 is 9.88 Å². The fraction of sp³-hybridized carbons (Fsp3) is 0.278. The Morgan fingerprint density at radius 2 is 2.00 bits per heavy atom. The van der Waals surface area contributed by atoms with E-state index in [-0.39, 0.29) is 11.9 Å². The first kappa shape index (κ1) is 16.0. The number of aryl methyl sites for hydroxylation is 2. The second-order valence-corrected chi connectivity index (χ2v) is 5.82. The SMILES string of the molecule is CC[C@H](NC(=O)c1ccc(-c2nccn2C)cc1)c1cnn(C)c1. The Morgan fingerprint density at radius 3 is 2.54 bits per heavy atom. The van der Waals surface area contributed by atoms with E-state index in [4.69, 9.17) is 0 Å². The summed E-state index contributed by atoms with van der Waals surface area (Å²) < 4.78 is 3.69. The predicted molar refractivity (Wildman–Crippen MR) is 92.4 cm³/mol. The summed E-state index contributed by atoms with van der Waals surface area (Å²) in [5, 5.41) is 7.24. The van der Waals surface area contributed by atoms with Crippen LogP contribution in [0.15, 0.2) is 49.1 Å². The third kappa shape index (κ3) is 3.22. The van der Waals surface area contributed by atoms with Gasteiger partial charge in [0.1, 0.15) is 5.82 Å². The highest BCUT2D eigenvalue weighted by atomic mass is 16.1. The van der Waals surface area contributed by atoms with Gasteiger partial charge in [-0.1, -0.05) is 19.1 Å². The van der Waals surface area contributed by atoms with Gasteiger partial charge in [-0.25, -0.2) is 4.98 Å². The molecule has 24 heavy (non-hydrogen) atoms. The van der Waals surface area contributed by atoms with E-state index in [9.17, 15) is 4.79 Å². The zero-order valence-electron chi connectivity index (χ0n) is 14.1. The molecule has 1 N–H and O–H groups in total. The largest absolute Gasteiger partial charge is 0.345 e. The molecule has 124 valence electrons. The van der Waals surface area contributed by atoms with Crippen LogP contribution in [0.4, 0.5) is 0 Å². The molecule has 2 heterocycles. The van der Waals surface area contributed by atoms with Gasteiger partial charge in [0.05, 0.1) is 12.2 Å². The number of hydrogen-bond acceptors (Lipinski definition) is 3. The number of aromatic nitrogens is 4. The van der Waals surface area contributed by atoms with Crippen molar-refractivity contribution in [3.05, 3.63) is 60.2 Å². The Kier molecular flexibility index (Phi) is 4.46. The number of carbonyl (C=O) groups is 1. The van der Waals surface area contributed by atoms with Crippen LogP contribution in [-0.4, -0.2) is 25.2 Å². The fourth-order valence-corrected chi connectivity index (χ4v) is 2.70. The fourth-order valence-electron chi connectivity index (χ4n) is 2.70. The number of amides is 1. The average Bonchev–Trinajstić information content (AvgIpc) is 3.21. The molecule has 6 heteroatoms. The molecule has 1 aromatic carbocycles. The van der Waals surface area contributed by atoms with Gasteiger partial charge in [-0.2, -0.15) is 5.10 Å². The van der Waals surface area contributed by atoms with Crippen molar-refractivity contribution in [3.63, 3.8) is 0 Å². The summed E-state index contributed by atoms with van der Waals surface area (Å²) in [6.07, 6.45) is 8.19. The van der Waals surface area contributed by atoms with Gasteiger partial charge in [0.25, 0.3) is 5.91 Å². The van der Waals surface area contributed by atoms with Crippen molar-refractivity contribution >= 4 is 5.91 Å². The molecule has 0 aliphatic carbocycles. The molecular weight excluding hydrogens is 302 g/mol. The van der Waals surface area contributed by atoms with Crippen molar-refractivity contribution < 1.29 is 4.79 Å². The van der Waals surface area contributed by atoms with Gasteiger partial charge >= 0.3 is 0 Å². The third-order valence-corrected chi connectivity index (χ3v) is 4.07. The van der Waals surface area contributed by atoms with Gasteiger partial charge in [0.15, 0.2) is 0 Å². The molecule has 3 rings (SSSR count). The summed E-state index contributed by atoms with van der Waals surface area (Å²) in [6.45, 7) is 2.04. The zero-order valence-corrected chi connectivity index (χ0v) is 14.1. The third-order valence-electron chi connectivity index (χ3n) is 4.07. The number of carbonyl (C=O) groups excluding carboxylic acids is 1. The molecule has 6 nitrogen and oxygen atoms in total. The van der Waals surface area contributed by atoms with Crippen LogP contribution in [0.2, 0.25) is 0 Å². The van der Waals surface area contributed by atoms with E-state index in [0.717, 1.165) is 23.4 Å². The molecule has 0 aliphatic rings. The summed E-state index contributed by atoms with van der Waals surface area (Å²) in [7, 11) is 3.82.